The number of hydrogen-bond donors (Lipinski definition) is 0. The van der Waals surface area contributed by atoms with Crippen molar-refractivity contribution >= 4 is 8.07 Å². The summed E-state index contributed by atoms with van der Waals surface area (Å²) in [4.78, 5) is 0. The van der Waals surface area contributed by atoms with Crippen molar-refractivity contribution in [3.05, 3.63) is 35.9 Å². The van der Waals surface area contributed by atoms with Gasteiger partial charge in [0.05, 0.1) is 13.2 Å². The lowest BCUT2D eigenvalue weighted by Crippen LogP contribution is -2.16. The van der Waals surface area contributed by atoms with Gasteiger partial charge < -0.3 is 4.74 Å². The maximum Gasteiger partial charge on any atom is 0.129 e. The van der Waals surface area contributed by atoms with Crippen molar-refractivity contribution in [1.82, 2.24) is 0 Å². The Labute approximate surface area is 99.8 Å². The molecule has 1 aromatic rings. The quantitative estimate of drug-likeness (QED) is 0.439. The predicted octanol–water partition coefficient (Wildman–Crippen LogP) is 3.47. The standard InChI is InChI=1S/C14H20OSi/c1-16(2,3)12-8-7-11-15-13-14-9-5-4-6-10-14/h4-6,9-10H,7,11,13H2,1-3H3. The Morgan fingerprint density at radius 2 is 1.81 bits per heavy atom. The molecule has 0 saturated heterocycles. The summed E-state index contributed by atoms with van der Waals surface area (Å²) in [6.07, 6.45) is 0.844. The summed E-state index contributed by atoms with van der Waals surface area (Å²) in [5.74, 6) is 3.20. The topological polar surface area (TPSA) is 9.23 Å². The molecule has 0 radical (unpaired) electrons. The van der Waals surface area contributed by atoms with Crippen LogP contribution in [0.3, 0.4) is 0 Å². The summed E-state index contributed by atoms with van der Waals surface area (Å²) in [5.41, 5.74) is 4.55. The van der Waals surface area contributed by atoms with Crippen LogP contribution < -0.4 is 0 Å². The second-order valence-corrected chi connectivity index (χ2v) is 9.59. The van der Waals surface area contributed by atoms with E-state index in [1.165, 1.54) is 5.56 Å². The molecular formula is C14H20OSi. The van der Waals surface area contributed by atoms with Crippen LogP contribution in [0, 0.1) is 11.5 Å². The van der Waals surface area contributed by atoms with Gasteiger partial charge in [-0.3, -0.25) is 0 Å². The van der Waals surface area contributed by atoms with Crippen molar-refractivity contribution in [3.63, 3.8) is 0 Å². The number of hydrogen-bond acceptors (Lipinski definition) is 1. The Morgan fingerprint density at radius 1 is 1.12 bits per heavy atom. The third kappa shape index (κ3) is 6.44. The molecule has 2 heteroatoms. The molecule has 0 bridgehead atoms. The van der Waals surface area contributed by atoms with Crippen LogP contribution >= 0.6 is 0 Å². The van der Waals surface area contributed by atoms with Gasteiger partial charge in [0.1, 0.15) is 8.07 Å². The van der Waals surface area contributed by atoms with Crippen LogP contribution in [-0.4, -0.2) is 14.7 Å². The van der Waals surface area contributed by atoms with Gasteiger partial charge in [-0.2, -0.15) is 0 Å². The maximum atomic E-state index is 5.55. The van der Waals surface area contributed by atoms with E-state index in [9.17, 15) is 0 Å². The highest BCUT2D eigenvalue weighted by Crippen LogP contribution is 2.01. The first-order chi connectivity index (χ1) is 7.58. The van der Waals surface area contributed by atoms with E-state index >= 15 is 0 Å². The molecule has 86 valence electrons. The Bertz CT molecular complexity index is 354. The van der Waals surface area contributed by atoms with Gasteiger partial charge in [0, 0.05) is 6.42 Å². The Hall–Kier alpha value is -1.04. The molecule has 0 aliphatic carbocycles. The molecule has 1 aromatic carbocycles. The Kier molecular flexibility index (Phi) is 5.31. The van der Waals surface area contributed by atoms with Crippen LogP contribution in [0.1, 0.15) is 12.0 Å². The largest absolute Gasteiger partial charge is 0.376 e. The van der Waals surface area contributed by atoms with Gasteiger partial charge in [-0.05, 0) is 5.56 Å². The highest BCUT2D eigenvalue weighted by atomic mass is 28.3. The zero-order chi connectivity index (χ0) is 11.9. The first kappa shape index (κ1) is 13.0. The molecule has 0 unspecified atom stereocenters. The van der Waals surface area contributed by atoms with Crippen LogP contribution in [0.4, 0.5) is 0 Å². The molecule has 0 fully saturated rings. The molecule has 1 nitrogen and oxygen atoms in total. The van der Waals surface area contributed by atoms with Gasteiger partial charge in [0.2, 0.25) is 0 Å². The van der Waals surface area contributed by atoms with Gasteiger partial charge in [0.25, 0.3) is 0 Å². The van der Waals surface area contributed by atoms with Crippen molar-refractivity contribution < 1.29 is 4.74 Å². The van der Waals surface area contributed by atoms with E-state index in [0.717, 1.165) is 13.0 Å². The van der Waals surface area contributed by atoms with Crippen LogP contribution in [0.25, 0.3) is 0 Å². The summed E-state index contributed by atoms with van der Waals surface area (Å²) < 4.78 is 5.55. The predicted molar refractivity (Wildman–Crippen MR) is 71.8 cm³/mol. The van der Waals surface area contributed by atoms with E-state index in [1.54, 1.807) is 0 Å². The third-order valence-corrected chi connectivity index (χ3v) is 2.87. The van der Waals surface area contributed by atoms with Crippen molar-refractivity contribution in [2.75, 3.05) is 6.61 Å². The van der Waals surface area contributed by atoms with E-state index in [-0.39, 0.29) is 0 Å². The van der Waals surface area contributed by atoms with E-state index in [1.807, 2.05) is 18.2 Å². The van der Waals surface area contributed by atoms with Crippen LogP contribution in [-0.2, 0) is 11.3 Å². The fourth-order valence-corrected chi connectivity index (χ4v) is 1.87. The van der Waals surface area contributed by atoms with E-state index in [2.05, 4.69) is 43.2 Å². The third-order valence-electron chi connectivity index (χ3n) is 1.95. The SMILES string of the molecule is C[Si](C)(C)C#CCCOCc1ccccc1. The van der Waals surface area contributed by atoms with Gasteiger partial charge in [-0.15, -0.1) is 11.5 Å². The first-order valence-electron chi connectivity index (χ1n) is 5.70. The molecule has 0 spiro atoms. The van der Waals surface area contributed by atoms with Gasteiger partial charge in [-0.25, -0.2) is 0 Å². The summed E-state index contributed by atoms with van der Waals surface area (Å²) in [6.45, 7) is 8.18. The smallest absolute Gasteiger partial charge is 0.129 e. The monoisotopic (exact) mass is 232 g/mol. The highest BCUT2D eigenvalue weighted by Gasteiger charge is 2.06. The fourth-order valence-electron chi connectivity index (χ4n) is 1.22. The zero-order valence-electron chi connectivity index (χ0n) is 10.4. The van der Waals surface area contributed by atoms with Crippen LogP contribution in [0.5, 0.6) is 0 Å². The lowest BCUT2D eigenvalue weighted by Gasteiger charge is -2.04. The Morgan fingerprint density at radius 3 is 2.44 bits per heavy atom. The summed E-state index contributed by atoms with van der Waals surface area (Å²) in [5, 5.41) is 0. The second kappa shape index (κ2) is 6.52. The van der Waals surface area contributed by atoms with Crippen LogP contribution in [0.15, 0.2) is 30.3 Å². The minimum absolute atomic E-state index is 0.690. The number of ether oxygens (including phenoxy) is 1. The molecule has 0 saturated carbocycles. The summed E-state index contributed by atoms with van der Waals surface area (Å²) in [7, 11) is -1.20. The molecule has 0 aliphatic heterocycles. The van der Waals surface area contributed by atoms with Crippen molar-refractivity contribution in [2.24, 2.45) is 0 Å². The maximum absolute atomic E-state index is 5.55. The molecule has 0 atom stereocenters. The molecular weight excluding hydrogens is 212 g/mol. The Balaban J connectivity index is 2.15. The van der Waals surface area contributed by atoms with Gasteiger partial charge in [0.15, 0.2) is 0 Å². The van der Waals surface area contributed by atoms with Gasteiger partial charge in [-0.1, -0.05) is 50.0 Å². The lowest BCUT2D eigenvalue weighted by molar-refractivity contribution is 0.126. The van der Waals surface area contributed by atoms with E-state index in [4.69, 9.17) is 4.74 Å². The summed E-state index contributed by atoms with van der Waals surface area (Å²) in [6, 6.07) is 10.2. The molecule has 0 amide bonds. The van der Waals surface area contributed by atoms with E-state index in [0.29, 0.717) is 6.61 Å². The molecule has 16 heavy (non-hydrogen) atoms. The van der Waals surface area contributed by atoms with E-state index < -0.39 is 8.07 Å². The first-order valence-corrected chi connectivity index (χ1v) is 9.20. The normalized spacial score (nSPS) is 10.7. The molecule has 0 heterocycles. The minimum Gasteiger partial charge on any atom is -0.376 e. The fraction of sp³-hybridized carbons (Fsp3) is 0.429. The highest BCUT2D eigenvalue weighted by molar-refractivity contribution is 6.83. The van der Waals surface area contributed by atoms with Crippen molar-refractivity contribution in [3.8, 4) is 11.5 Å². The minimum atomic E-state index is -1.20. The van der Waals surface area contributed by atoms with Crippen molar-refractivity contribution in [1.29, 1.82) is 0 Å². The molecule has 1 rings (SSSR count). The van der Waals surface area contributed by atoms with Gasteiger partial charge >= 0.3 is 0 Å². The molecule has 0 aliphatic rings. The lowest BCUT2D eigenvalue weighted by atomic mass is 10.2. The number of rotatable bonds is 4. The molecule has 0 N–H and O–H groups in total. The zero-order valence-corrected chi connectivity index (χ0v) is 11.4. The second-order valence-electron chi connectivity index (χ2n) is 4.84. The van der Waals surface area contributed by atoms with Crippen molar-refractivity contribution in [2.45, 2.75) is 32.7 Å². The average Bonchev–Trinajstić information content (AvgIpc) is 2.23. The number of benzene rings is 1. The average molecular weight is 232 g/mol. The summed E-state index contributed by atoms with van der Waals surface area (Å²) >= 11 is 0. The molecule has 0 aromatic heterocycles. The van der Waals surface area contributed by atoms with Crippen LogP contribution in [0.2, 0.25) is 19.6 Å².